The Kier molecular flexibility index (Phi) is 5.58. The first kappa shape index (κ1) is 19.2. The number of thiazole rings is 1. The number of carbonyl (C=O) groups excluding carboxylic acids is 1. The van der Waals surface area contributed by atoms with Gasteiger partial charge in [0.15, 0.2) is 0 Å². The third kappa shape index (κ3) is 4.63. The molecule has 29 heavy (non-hydrogen) atoms. The van der Waals surface area contributed by atoms with E-state index in [0.29, 0.717) is 13.0 Å². The third-order valence-corrected chi connectivity index (χ3v) is 5.80. The zero-order valence-electron chi connectivity index (χ0n) is 16.6. The second-order valence-electron chi connectivity index (χ2n) is 7.16. The van der Waals surface area contributed by atoms with E-state index in [1.54, 1.807) is 0 Å². The smallest absolute Gasteiger partial charge is 0.231 e. The van der Waals surface area contributed by atoms with Crippen molar-refractivity contribution in [2.24, 2.45) is 0 Å². The molecule has 0 fully saturated rings. The maximum absolute atomic E-state index is 12.4. The summed E-state index contributed by atoms with van der Waals surface area (Å²) in [6.45, 7) is 2.69. The summed E-state index contributed by atoms with van der Waals surface area (Å²) >= 11 is 1.53. The SMILES string of the molecule is Cc1ccccc1NC(=O)Cc1nc(CN(C)c2ccc3ccccc3c2)cs1. The Morgan fingerprint density at radius 3 is 2.62 bits per heavy atom. The van der Waals surface area contributed by atoms with E-state index >= 15 is 0 Å². The van der Waals surface area contributed by atoms with E-state index in [1.807, 2.05) is 36.6 Å². The van der Waals surface area contributed by atoms with Crippen LogP contribution in [0.15, 0.2) is 72.1 Å². The van der Waals surface area contributed by atoms with Gasteiger partial charge in [-0.1, -0.05) is 48.5 Å². The zero-order valence-corrected chi connectivity index (χ0v) is 17.4. The van der Waals surface area contributed by atoms with Crippen LogP contribution in [0, 0.1) is 6.92 Å². The molecule has 0 spiro atoms. The molecule has 0 radical (unpaired) electrons. The molecule has 0 aliphatic heterocycles. The van der Waals surface area contributed by atoms with Crippen molar-refractivity contribution in [1.29, 1.82) is 0 Å². The number of aryl methyl sites for hydroxylation is 1. The molecule has 1 heterocycles. The predicted molar refractivity (Wildman–Crippen MR) is 122 cm³/mol. The van der Waals surface area contributed by atoms with Gasteiger partial charge in [0, 0.05) is 23.8 Å². The number of benzene rings is 3. The molecule has 4 aromatic rings. The number of nitrogens with one attached hydrogen (secondary N) is 1. The lowest BCUT2D eigenvalue weighted by Gasteiger charge is -2.18. The highest BCUT2D eigenvalue weighted by Crippen LogP contribution is 2.23. The van der Waals surface area contributed by atoms with Crippen molar-refractivity contribution in [3.63, 3.8) is 0 Å². The molecule has 3 aromatic carbocycles. The van der Waals surface area contributed by atoms with E-state index in [9.17, 15) is 4.79 Å². The number of para-hydroxylation sites is 1. The molecule has 0 saturated carbocycles. The molecular formula is C24H23N3OS. The highest BCUT2D eigenvalue weighted by atomic mass is 32.1. The number of carbonyl (C=O) groups is 1. The van der Waals surface area contributed by atoms with Gasteiger partial charge in [-0.25, -0.2) is 4.98 Å². The number of anilines is 2. The zero-order chi connectivity index (χ0) is 20.2. The number of amides is 1. The molecule has 0 bridgehead atoms. The highest BCUT2D eigenvalue weighted by Gasteiger charge is 2.11. The predicted octanol–water partition coefficient (Wildman–Crippen LogP) is 5.42. The van der Waals surface area contributed by atoms with Crippen LogP contribution in [0.4, 0.5) is 11.4 Å². The number of hydrogen-bond donors (Lipinski definition) is 1. The fraction of sp³-hybridized carbons (Fsp3) is 0.167. The molecule has 0 atom stereocenters. The standard InChI is InChI=1S/C24H23N3OS/c1-17-7-3-6-10-22(17)26-23(28)14-24-25-20(16-29-24)15-27(2)21-12-11-18-8-4-5-9-19(18)13-21/h3-13,16H,14-15H2,1-2H3,(H,26,28). The van der Waals surface area contributed by atoms with Gasteiger partial charge in [0.25, 0.3) is 0 Å². The second kappa shape index (κ2) is 8.45. The van der Waals surface area contributed by atoms with Crippen LogP contribution in [0.2, 0.25) is 0 Å². The molecule has 1 amide bonds. The van der Waals surface area contributed by atoms with Gasteiger partial charge in [-0.3, -0.25) is 4.79 Å². The fourth-order valence-electron chi connectivity index (χ4n) is 3.30. The largest absolute Gasteiger partial charge is 0.369 e. The lowest BCUT2D eigenvalue weighted by molar-refractivity contribution is -0.115. The summed E-state index contributed by atoms with van der Waals surface area (Å²) in [6, 6.07) is 22.6. The van der Waals surface area contributed by atoms with Crippen molar-refractivity contribution >= 4 is 39.4 Å². The van der Waals surface area contributed by atoms with Crippen LogP contribution in [-0.2, 0) is 17.8 Å². The van der Waals surface area contributed by atoms with Crippen LogP contribution < -0.4 is 10.2 Å². The van der Waals surface area contributed by atoms with Crippen molar-refractivity contribution in [3.8, 4) is 0 Å². The summed E-state index contributed by atoms with van der Waals surface area (Å²) in [5.41, 5.74) is 4.03. The van der Waals surface area contributed by atoms with Gasteiger partial charge in [0.2, 0.25) is 5.91 Å². The Labute approximate surface area is 174 Å². The van der Waals surface area contributed by atoms with Gasteiger partial charge >= 0.3 is 0 Å². The summed E-state index contributed by atoms with van der Waals surface area (Å²) in [5, 5.41) is 8.30. The lowest BCUT2D eigenvalue weighted by atomic mass is 10.1. The first-order valence-electron chi connectivity index (χ1n) is 9.57. The quantitative estimate of drug-likeness (QED) is 0.469. The van der Waals surface area contributed by atoms with Crippen LogP contribution in [-0.4, -0.2) is 17.9 Å². The molecule has 0 unspecified atom stereocenters. The maximum atomic E-state index is 12.4. The van der Waals surface area contributed by atoms with E-state index in [2.05, 4.69) is 64.7 Å². The van der Waals surface area contributed by atoms with Gasteiger partial charge < -0.3 is 10.2 Å². The van der Waals surface area contributed by atoms with E-state index in [-0.39, 0.29) is 5.91 Å². The number of hydrogen-bond acceptors (Lipinski definition) is 4. The minimum absolute atomic E-state index is 0.0388. The number of nitrogens with zero attached hydrogens (tertiary/aromatic N) is 2. The third-order valence-electron chi connectivity index (χ3n) is 4.90. The Hall–Kier alpha value is -3.18. The van der Waals surface area contributed by atoms with Crippen molar-refractivity contribution < 1.29 is 4.79 Å². The molecule has 4 rings (SSSR count). The molecule has 5 heteroatoms. The minimum atomic E-state index is -0.0388. The van der Waals surface area contributed by atoms with E-state index in [0.717, 1.165) is 27.6 Å². The van der Waals surface area contributed by atoms with E-state index in [4.69, 9.17) is 0 Å². The molecule has 1 N–H and O–H groups in total. The van der Waals surface area contributed by atoms with Crippen molar-refractivity contribution in [1.82, 2.24) is 4.98 Å². The van der Waals surface area contributed by atoms with Gasteiger partial charge in [0.05, 0.1) is 18.7 Å². The first-order valence-corrected chi connectivity index (χ1v) is 10.4. The van der Waals surface area contributed by atoms with Crippen LogP contribution in [0.1, 0.15) is 16.3 Å². The Morgan fingerprint density at radius 1 is 1.03 bits per heavy atom. The van der Waals surface area contributed by atoms with Gasteiger partial charge in [0.1, 0.15) is 5.01 Å². The highest BCUT2D eigenvalue weighted by molar-refractivity contribution is 7.09. The lowest BCUT2D eigenvalue weighted by Crippen LogP contribution is -2.17. The summed E-state index contributed by atoms with van der Waals surface area (Å²) in [7, 11) is 2.06. The molecule has 146 valence electrons. The molecule has 1 aromatic heterocycles. The summed E-state index contributed by atoms with van der Waals surface area (Å²) in [5.74, 6) is -0.0388. The van der Waals surface area contributed by atoms with Crippen molar-refractivity contribution in [2.75, 3.05) is 17.3 Å². The van der Waals surface area contributed by atoms with E-state index in [1.165, 1.54) is 22.1 Å². The summed E-state index contributed by atoms with van der Waals surface area (Å²) in [4.78, 5) is 19.2. The Morgan fingerprint density at radius 2 is 1.79 bits per heavy atom. The number of fused-ring (bicyclic) bond motifs is 1. The van der Waals surface area contributed by atoms with Gasteiger partial charge in [-0.2, -0.15) is 0 Å². The fourth-order valence-corrected chi connectivity index (χ4v) is 4.08. The number of aromatic nitrogens is 1. The Balaban J connectivity index is 1.39. The Bertz CT molecular complexity index is 1150. The summed E-state index contributed by atoms with van der Waals surface area (Å²) in [6.07, 6.45) is 0.290. The van der Waals surface area contributed by atoms with Gasteiger partial charge in [-0.05, 0) is 41.5 Å². The minimum Gasteiger partial charge on any atom is -0.369 e. The first-order chi connectivity index (χ1) is 14.1. The number of rotatable bonds is 6. The normalized spacial score (nSPS) is 10.8. The molecule has 4 nitrogen and oxygen atoms in total. The van der Waals surface area contributed by atoms with Crippen molar-refractivity contribution in [3.05, 3.63) is 88.4 Å². The second-order valence-corrected chi connectivity index (χ2v) is 8.10. The van der Waals surface area contributed by atoms with Gasteiger partial charge in [-0.15, -0.1) is 11.3 Å². The van der Waals surface area contributed by atoms with Crippen LogP contribution in [0.3, 0.4) is 0 Å². The average Bonchev–Trinajstić information content (AvgIpc) is 3.15. The van der Waals surface area contributed by atoms with E-state index < -0.39 is 0 Å². The van der Waals surface area contributed by atoms with Crippen LogP contribution in [0.25, 0.3) is 10.8 Å². The molecule has 0 aliphatic carbocycles. The van der Waals surface area contributed by atoms with Crippen LogP contribution in [0.5, 0.6) is 0 Å². The maximum Gasteiger partial charge on any atom is 0.231 e. The average molecular weight is 402 g/mol. The summed E-state index contributed by atoms with van der Waals surface area (Å²) < 4.78 is 0. The molecule has 0 aliphatic rings. The van der Waals surface area contributed by atoms with Crippen LogP contribution >= 0.6 is 11.3 Å². The topological polar surface area (TPSA) is 45.2 Å². The van der Waals surface area contributed by atoms with Crippen molar-refractivity contribution in [2.45, 2.75) is 19.9 Å². The monoisotopic (exact) mass is 401 g/mol. The molecular weight excluding hydrogens is 378 g/mol. The molecule has 0 saturated heterocycles.